The summed E-state index contributed by atoms with van der Waals surface area (Å²) >= 11 is 0. The van der Waals surface area contributed by atoms with Gasteiger partial charge >= 0.3 is 0 Å². The average Bonchev–Trinajstić information content (AvgIpc) is 2.03. The van der Waals surface area contributed by atoms with Gasteiger partial charge in [-0.15, -0.1) is 0 Å². The van der Waals surface area contributed by atoms with Crippen LogP contribution in [0.5, 0.6) is 0 Å². The van der Waals surface area contributed by atoms with Crippen LogP contribution in [0, 0.1) is 0 Å². The minimum atomic E-state index is -3.20. The molecule has 16 heavy (non-hydrogen) atoms. The van der Waals surface area contributed by atoms with Gasteiger partial charge in [-0.25, -0.2) is 8.42 Å². The molecule has 0 aromatic heterocycles. The number of hydrogen-bond acceptors (Lipinski definition) is 3. The molecule has 0 saturated heterocycles. The van der Waals surface area contributed by atoms with Crippen LogP contribution in [-0.4, -0.2) is 20.2 Å². The highest BCUT2D eigenvalue weighted by molar-refractivity contribution is 7.92. The van der Waals surface area contributed by atoms with Crippen molar-refractivity contribution in [1.29, 1.82) is 0 Å². The third-order valence-corrected chi connectivity index (χ3v) is 2.31. The minimum Gasteiger partial charge on any atom is -0.380 e. The van der Waals surface area contributed by atoms with E-state index in [-0.39, 0.29) is 5.54 Å². The first-order valence-electron chi connectivity index (χ1n) is 5.02. The summed E-state index contributed by atoms with van der Waals surface area (Å²) in [5.41, 5.74) is 1.53. The zero-order valence-corrected chi connectivity index (χ0v) is 10.9. The van der Waals surface area contributed by atoms with Gasteiger partial charge < -0.3 is 5.32 Å². The van der Waals surface area contributed by atoms with Gasteiger partial charge in [0.15, 0.2) is 0 Å². The first-order chi connectivity index (χ1) is 7.16. The van der Waals surface area contributed by atoms with Crippen molar-refractivity contribution in [1.82, 2.24) is 0 Å². The second-order valence-electron chi connectivity index (χ2n) is 4.83. The standard InChI is InChI=1S/C11H18N2O2S/c1-11(2,3)12-9-5-7-10(8-6-9)13-16(4,14)15/h5-8,12-13H,1-4H3. The fourth-order valence-electron chi connectivity index (χ4n) is 1.27. The SMILES string of the molecule is CC(C)(C)Nc1ccc(NS(C)(=O)=O)cc1. The number of nitrogens with one attached hydrogen (secondary N) is 2. The molecule has 0 fully saturated rings. The van der Waals surface area contributed by atoms with Crippen molar-refractivity contribution in [2.45, 2.75) is 26.3 Å². The van der Waals surface area contributed by atoms with Crippen molar-refractivity contribution in [2.24, 2.45) is 0 Å². The Bertz CT molecular complexity index is 444. The predicted molar refractivity (Wildman–Crippen MR) is 68.3 cm³/mol. The fraction of sp³-hybridized carbons (Fsp3) is 0.455. The number of sulfonamides is 1. The highest BCUT2D eigenvalue weighted by Crippen LogP contribution is 2.18. The lowest BCUT2D eigenvalue weighted by molar-refractivity contribution is 0.606. The highest BCUT2D eigenvalue weighted by Gasteiger charge is 2.09. The smallest absolute Gasteiger partial charge is 0.229 e. The van der Waals surface area contributed by atoms with Gasteiger partial charge in [-0.2, -0.15) is 0 Å². The van der Waals surface area contributed by atoms with E-state index in [0.29, 0.717) is 5.69 Å². The molecular weight excluding hydrogens is 224 g/mol. The largest absolute Gasteiger partial charge is 0.380 e. The molecule has 4 nitrogen and oxygen atoms in total. The maximum Gasteiger partial charge on any atom is 0.229 e. The van der Waals surface area contributed by atoms with Gasteiger partial charge in [0.05, 0.1) is 6.26 Å². The molecule has 1 aromatic rings. The van der Waals surface area contributed by atoms with E-state index in [1.807, 2.05) is 12.1 Å². The van der Waals surface area contributed by atoms with E-state index >= 15 is 0 Å². The maximum atomic E-state index is 11.0. The summed E-state index contributed by atoms with van der Waals surface area (Å²) in [5, 5.41) is 3.29. The Labute approximate surface area is 97.1 Å². The lowest BCUT2D eigenvalue weighted by Gasteiger charge is -2.22. The normalized spacial score (nSPS) is 12.2. The first-order valence-corrected chi connectivity index (χ1v) is 6.91. The molecule has 90 valence electrons. The van der Waals surface area contributed by atoms with E-state index in [2.05, 4.69) is 30.8 Å². The Morgan fingerprint density at radius 3 is 1.81 bits per heavy atom. The molecular formula is C11H18N2O2S. The van der Waals surface area contributed by atoms with Crippen LogP contribution in [0.15, 0.2) is 24.3 Å². The lowest BCUT2D eigenvalue weighted by Crippen LogP contribution is -2.25. The Morgan fingerprint density at radius 2 is 1.44 bits per heavy atom. The molecule has 5 heteroatoms. The van der Waals surface area contributed by atoms with Crippen LogP contribution < -0.4 is 10.0 Å². The summed E-state index contributed by atoms with van der Waals surface area (Å²) < 4.78 is 24.4. The summed E-state index contributed by atoms with van der Waals surface area (Å²) in [6, 6.07) is 7.15. The monoisotopic (exact) mass is 242 g/mol. The molecule has 0 saturated carbocycles. The summed E-state index contributed by atoms with van der Waals surface area (Å²) in [6.07, 6.45) is 1.13. The van der Waals surface area contributed by atoms with Gasteiger partial charge in [0.1, 0.15) is 0 Å². The van der Waals surface area contributed by atoms with Crippen LogP contribution in [0.4, 0.5) is 11.4 Å². The van der Waals surface area contributed by atoms with Crippen LogP contribution in [0.2, 0.25) is 0 Å². The van der Waals surface area contributed by atoms with Gasteiger partial charge in [0, 0.05) is 16.9 Å². The molecule has 0 spiro atoms. The molecule has 0 unspecified atom stereocenters. The second-order valence-corrected chi connectivity index (χ2v) is 6.58. The van der Waals surface area contributed by atoms with Crippen LogP contribution in [0.3, 0.4) is 0 Å². The zero-order valence-electron chi connectivity index (χ0n) is 10.0. The van der Waals surface area contributed by atoms with Gasteiger partial charge in [-0.3, -0.25) is 4.72 Å². The number of anilines is 2. The summed E-state index contributed by atoms with van der Waals surface area (Å²) in [5.74, 6) is 0. The van der Waals surface area contributed by atoms with E-state index in [1.54, 1.807) is 12.1 Å². The quantitative estimate of drug-likeness (QED) is 0.855. The summed E-state index contributed by atoms with van der Waals surface area (Å²) in [4.78, 5) is 0. The van der Waals surface area contributed by atoms with E-state index in [9.17, 15) is 8.42 Å². The molecule has 0 amide bonds. The van der Waals surface area contributed by atoms with E-state index in [0.717, 1.165) is 11.9 Å². The van der Waals surface area contributed by atoms with Gasteiger partial charge in [0.25, 0.3) is 0 Å². The molecule has 0 atom stereocenters. The molecule has 0 bridgehead atoms. The van der Waals surface area contributed by atoms with Crippen molar-refractivity contribution in [3.63, 3.8) is 0 Å². The molecule has 2 N–H and O–H groups in total. The number of benzene rings is 1. The average molecular weight is 242 g/mol. The topological polar surface area (TPSA) is 58.2 Å². The zero-order chi connectivity index (χ0) is 12.4. The van der Waals surface area contributed by atoms with Crippen molar-refractivity contribution in [2.75, 3.05) is 16.3 Å². The minimum absolute atomic E-state index is 0.00816. The molecule has 1 rings (SSSR count). The van der Waals surface area contributed by atoms with Crippen LogP contribution in [0.1, 0.15) is 20.8 Å². The van der Waals surface area contributed by atoms with E-state index in [1.165, 1.54) is 0 Å². The van der Waals surface area contributed by atoms with Crippen molar-refractivity contribution < 1.29 is 8.42 Å². The molecule has 1 aromatic carbocycles. The van der Waals surface area contributed by atoms with Crippen LogP contribution >= 0.6 is 0 Å². The van der Waals surface area contributed by atoms with Gasteiger partial charge in [-0.05, 0) is 45.0 Å². The molecule has 0 aliphatic heterocycles. The van der Waals surface area contributed by atoms with Crippen LogP contribution in [-0.2, 0) is 10.0 Å². The highest BCUT2D eigenvalue weighted by atomic mass is 32.2. The third kappa shape index (κ3) is 5.02. The Hall–Kier alpha value is -1.23. The van der Waals surface area contributed by atoms with Crippen molar-refractivity contribution >= 4 is 21.4 Å². The Kier molecular flexibility index (Phi) is 3.48. The van der Waals surface area contributed by atoms with Crippen molar-refractivity contribution in [3.8, 4) is 0 Å². The summed E-state index contributed by atoms with van der Waals surface area (Å²) in [6.45, 7) is 6.20. The molecule has 0 heterocycles. The maximum absolute atomic E-state index is 11.0. The van der Waals surface area contributed by atoms with Crippen molar-refractivity contribution in [3.05, 3.63) is 24.3 Å². The van der Waals surface area contributed by atoms with Gasteiger partial charge in [0.2, 0.25) is 10.0 Å². The Morgan fingerprint density at radius 1 is 1.00 bits per heavy atom. The Balaban J connectivity index is 2.76. The number of rotatable bonds is 3. The number of hydrogen-bond donors (Lipinski definition) is 2. The molecule has 0 aliphatic carbocycles. The molecule has 0 aliphatic rings. The van der Waals surface area contributed by atoms with E-state index < -0.39 is 10.0 Å². The third-order valence-electron chi connectivity index (χ3n) is 1.71. The van der Waals surface area contributed by atoms with Crippen LogP contribution in [0.25, 0.3) is 0 Å². The fourth-order valence-corrected chi connectivity index (χ4v) is 1.83. The second kappa shape index (κ2) is 4.33. The first kappa shape index (κ1) is 12.8. The summed E-state index contributed by atoms with van der Waals surface area (Å²) in [7, 11) is -3.20. The predicted octanol–water partition coefficient (Wildman–Crippen LogP) is 2.27. The molecule has 0 radical (unpaired) electrons. The lowest BCUT2D eigenvalue weighted by atomic mass is 10.1. The van der Waals surface area contributed by atoms with E-state index in [4.69, 9.17) is 0 Å². The van der Waals surface area contributed by atoms with Gasteiger partial charge in [-0.1, -0.05) is 0 Å².